The van der Waals surface area contributed by atoms with Crippen LogP contribution in [0.3, 0.4) is 0 Å². The van der Waals surface area contributed by atoms with Crippen molar-refractivity contribution in [2.75, 3.05) is 19.8 Å². The van der Waals surface area contributed by atoms with Crippen LogP contribution in [0.2, 0.25) is 0 Å². The Morgan fingerprint density at radius 3 is 2.59 bits per heavy atom. The molecule has 0 aromatic carbocycles. The molecule has 0 aliphatic carbocycles. The van der Waals surface area contributed by atoms with E-state index < -0.39 is 0 Å². The van der Waals surface area contributed by atoms with Crippen LogP contribution in [0.5, 0.6) is 0 Å². The SMILES string of the molecule is C=C(C)/C=C\C(=C)NCC1CCCOC1.CC. The van der Waals surface area contributed by atoms with Crippen LogP contribution in [0, 0.1) is 5.92 Å². The summed E-state index contributed by atoms with van der Waals surface area (Å²) in [7, 11) is 0. The molecule has 2 heteroatoms. The normalized spacial score (nSPS) is 19.4. The Balaban J connectivity index is 0.00000121. The molecule has 0 spiro atoms. The highest BCUT2D eigenvalue weighted by Gasteiger charge is 2.12. The third-order valence-electron chi connectivity index (χ3n) is 2.44. The summed E-state index contributed by atoms with van der Waals surface area (Å²) in [5, 5.41) is 3.31. The van der Waals surface area contributed by atoms with E-state index in [1.165, 1.54) is 12.8 Å². The van der Waals surface area contributed by atoms with E-state index >= 15 is 0 Å². The van der Waals surface area contributed by atoms with E-state index in [2.05, 4.69) is 18.5 Å². The van der Waals surface area contributed by atoms with Gasteiger partial charge in [-0.05, 0) is 31.8 Å². The molecule has 1 fully saturated rings. The summed E-state index contributed by atoms with van der Waals surface area (Å²) >= 11 is 0. The Morgan fingerprint density at radius 1 is 1.35 bits per heavy atom. The van der Waals surface area contributed by atoms with Gasteiger partial charge in [-0.15, -0.1) is 0 Å². The van der Waals surface area contributed by atoms with Crippen molar-refractivity contribution < 1.29 is 4.74 Å². The zero-order chi connectivity index (χ0) is 13.1. The van der Waals surface area contributed by atoms with Gasteiger partial charge < -0.3 is 10.1 Å². The Labute approximate surface area is 106 Å². The molecule has 1 heterocycles. The van der Waals surface area contributed by atoms with E-state index in [4.69, 9.17) is 4.74 Å². The van der Waals surface area contributed by atoms with Gasteiger partial charge in [-0.1, -0.05) is 38.7 Å². The van der Waals surface area contributed by atoms with Crippen LogP contribution in [0.4, 0.5) is 0 Å². The number of ether oxygens (including phenoxy) is 1. The van der Waals surface area contributed by atoms with Gasteiger partial charge >= 0.3 is 0 Å². The third kappa shape index (κ3) is 8.75. The second kappa shape index (κ2) is 10.2. The average molecular weight is 237 g/mol. The van der Waals surface area contributed by atoms with Crippen LogP contribution in [0.1, 0.15) is 33.6 Å². The van der Waals surface area contributed by atoms with Crippen molar-refractivity contribution in [2.45, 2.75) is 33.6 Å². The van der Waals surface area contributed by atoms with Crippen molar-refractivity contribution in [3.05, 3.63) is 36.6 Å². The molecule has 1 aliphatic heterocycles. The first-order valence-corrected chi connectivity index (χ1v) is 6.52. The van der Waals surface area contributed by atoms with Gasteiger partial charge in [0.15, 0.2) is 0 Å². The Kier molecular flexibility index (Phi) is 9.55. The lowest BCUT2D eigenvalue weighted by Gasteiger charge is -2.22. The second-order valence-corrected chi connectivity index (χ2v) is 4.17. The summed E-state index contributed by atoms with van der Waals surface area (Å²) in [4.78, 5) is 0. The van der Waals surface area contributed by atoms with Crippen LogP contribution in [0.25, 0.3) is 0 Å². The molecular formula is C15H27NO. The van der Waals surface area contributed by atoms with Crippen LogP contribution in [-0.4, -0.2) is 19.8 Å². The van der Waals surface area contributed by atoms with Gasteiger partial charge in [0.1, 0.15) is 0 Å². The second-order valence-electron chi connectivity index (χ2n) is 4.17. The lowest BCUT2D eigenvalue weighted by atomic mass is 10.0. The van der Waals surface area contributed by atoms with Crippen molar-refractivity contribution in [2.24, 2.45) is 5.92 Å². The van der Waals surface area contributed by atoms with E-state index in [-0.39, 0.29) is 0 Å². The molecule has 0 amide bonds. The van der Waals surface area contributed by atoms with Crippen LogP contribution >= 0.6 is 0 Å². The predicted octanol–water partition coefficient (Wildman–Crippen LogP) is 3.67. The minimum atomic E-state index is 0.633. The molecule has 17 heavy (non-hydrogen) atoms. The third-order valence-corrected chi connectivity index (χ3v) is 2.44. The van der Waals surface area contributed by atoms with Crippen molar-refractivity contribution >= 4 is 0 Å². The summed E-state index contributed by atoms with van der Waals surface area (Å²) in [6.45, 7) is 16.5. The first-order valence-electron chi connectivity index (χ1n) is 6.52. The Hall–Kier alpha value is -1.02. The lowest BCUT2D eigenvalue weighted by Crippen LogP contribution is -2.28. The van der Waals surface area contributed by atoms with Gasteiger partial charge in [0, 0.05) is 18.8 Å². The van der Waals surface area contributed by atoms with Gasteiger partial charge in [0.2, 0.25) is 0 Å². The minimum Gasteiger partial charge on any atom is -0.385 e. The number of allylic oxidation sites excluding steroid dienone is 3. The summed E-state index contributed by atoms with van der Waals surface area (Å²) in [5.41, 5.74) is 1.99. The molecule has 1 N–H and O–H groups in total. The predicted molar refractivity (Wildman–Crippen MR) is 76.0 cm³/mol. The minimum absolute atomic E-state index is 0.633. The fraction of sp³-hybridized carbons (Fsp3) is 0.600. The number of hydrogen-bond donors (Lipinski definition) is 1. The molecule has 0 aromatic heterocycles. The van der Waals surface area contributed by atoms with Gasteiger partial charge in [-0.2, -0.15) is 0 Å². The molecule has 0 aromatic rings. The molecule has 1 aliphatic rings. The Morgan fingerprint density at radius 2 is 2.06 bits per heavy atom. The highest BCUT2D eigenvalue weighted by atomic mass is 16.5. The first kappa shape index (κ1) is 16.0. The molecule has 0 radical (unpaired) electrons. The molecule has 1 saturated heterocycles. The smallest absolute Gasteiger partial charge is 0.0511 e. The van der Waals surface area contributed by atoms with E-state index in [1.807, 2.05) is 32.9 Å². The van der Waals surface area contributed by atoms with Crippen LogP contribution in [0.15, 0.2) is 36.6 Å². The first-order chi connectivity index (χ1) is 8.18. The maximum absolute atomic E-state index is 5.41. The molecule has 0 bridgehead atoms. The molecule has 1 rings (SSSR count). The lowest BCUT2D eigenvalue weighted by molar-refractivity contribution is 0.0558. The summed E-state index contributed by atoms with van der Waals surface area (Å²) in [5.74, 6) is 0.633. The molecule has 1 atom stereocenters. The van der Waals surface area contributed by atoms with E-state index in [9.17, 15) is 0 Å². The zero-order valence-electron chi connectivity index (χ0n) is 11.6. The standard InChI is InChI=1S/C13H21NO.C2H6/c1-11(2)6-7-12(3)14-9-13-5-4-8-15-10-13;1-2/h6-7,13-14H,1,3-5,8-10H2,2H3;1-2H3/b7-6-;. The molecule has 98 valence electrons. The monoisotopic (exact) mass is 237 g/mol. The summed E-state index contributed by atoms with van der Waals surface area (Å²) < 4.78 is 5.41. The van der Waals surface area contributed by atoms with Crippen molar-refractivity contribution in [1.82, 2.24) is 5.32 Å². The zero-order valence-corrected chi connectivity index (χ0v) is 11.6. The largest absolute Gasteiger partial charge is 0.385 e. The molecule has 0 saturated carbocycles. The topological polar surface area (TPSA) is 21.3 Å². The highest BCUT2D eigenvalue weighted by Crippen LogP contribution is 2.12. The number of hydrogen-bond acceptors (Lipinski definition) is 2. The van der Waals surface area contributed by atoms with E-state index in [0.29, 0.717) is 5.92 Å². The number of nitrogens with one attached hydrogen (secondary N) is 1. The molecule has 2 nitrogen and oxygen atoms in total. The quantitative estimate of drug-likeness (QED) is 0.737. The summed E-state index contributed by atoms with van der Waals surface area (Å²) in [6.07, 6.45) is 6.36. The molecular weight excluding hydrogens is 210 g/mol. The van der Waals surface area contributed by atoms with E-state index in [1.54, 1.807) is 0 Å². The van der Waals surface area contributed by atoms with Crippen molar-refractivity contribution in [1.29, 1.82) is 0 Å². The van der Waals surface area contributed by atoms with Gasteiger partial charge in [-0.25, -0.2) is 0 Å². The maximum atomic E-state index is 5.41. The van der Waals surface area contributed by atoms with Crippen LogP contribution in [-0.2, 0) is 4.74 Å². The number of rotatable bonds is 5. The highest BCUT2D eigenvalue weighted by molar-refractivity contribution is 5.21. The van der Waals surface area contributed by atoms with Gasteiger partial charge in [-0.3, -0.25) is 0 Å². The Bertz CT molecular complexity index is 250. The molecule has 1 unspecified atom stereocenters. The van der Waals surface area contributed by atoms with E-state index in [0.717, 1.165) is 31.0 Å². The maximum Gasteiger partial charge on any atom is 0.0511 e. The average Bonchev–Trinajstić information content (AvgIpc) is 2.37. The van der Waals surface area contributed by atoms with Gasteiger partial charge in [0.25, 0.3) is 0 Å². The van der Waals surface area contributed by atoms with Crippen molar-refractivity contribution in [3.63, 3.8) is 0 Å². The fourth-order valence-electron chi connectivity index (χ4n) is 1.55. The van der Waals surface area contributed by atoms with Crippen molar-refractivity contribution in [3.8, 4) is 0 Å². The summed E-state index contributed by atoms with van der Waals surface area (Å²) in [6, 6.07) is 0. The van der Waals surface area contributed by atoms with Crippen LogP contribution < -0.4 is 5.32 Å². The van der Waals surface area contributed by atoms with Gasteiger partial charge in [0.05, 0.1) is 6.61 Å². The fourth-order valence-corrected chi connectivity index (χ4v) is 1.55.